The Hall–Kier alpha value is -3.08. The van der Waals surface area contributed by atoms with E-state index in [-0.39, 0.29) is 22.7 Å². The Bertz CT molecular complexity index is 1100. The molecule has 0 aliphatic heterocycles. The largest absolute Gasteiger partial charge is 0.416 e. The highest BCUT2D eigenvalue weighted by Gasteiger charge is 2.32. The van der Waals surface area contributed by atoms with E-state index in [9.17, 15) is 23.2 Å². The van der Waals surface area contributed by atoms with Gasteiger partial charge >= 0.3 is 6.18 Å². The van der Waals surface area contributed by atoms with E-state index < -0.39 is 17.3 Å². The number of fused-ring (bicyclic) bond motifs is 1. The second-order valence-corrected chi connectivity index (χ2v) is 6.33. The van der Waals surface area contributed by atoms with Crippen LogP contribution in [-0.4, -0.2) is 14.6 Å². The smallest absolute Gasteiger partial charge is 0.338 e. The number of nitrogens with one attached hydrogen (secondary N) is 1. The van der Waals surface area contributed by atoms with Crippen molar-refractivity contribution < 1.29 is 13.2 Å². The summed E-state index contributed by atoms with van der Waals surface area (Å²) in [7, 11) is 0. The Labute approximate surface area is 146 Å². The van der Waals surface area contributed by atoms with Gasteiger partial charge in [0.1, 0.15) is 11.6 Å². The van der Waals surface area contributed by atoms with E-state index in [1.54, 1.807) is 0 Å². The normalized spacial score (nSPS) is 11.9. The topological polar surface area (TPSA) is 73.9 Å². The van der Waals surface area contributed by atoms with Crippen molar-refractivity contribution in [2.75, 3.05) is 0 Å². The minimum Gasteiger partial charge on any atom is -0.338 e. The summed E-state index contributed by atoms with van der Waals surface area (Å²) in [6, 6.07) is 5.65. The average molecular weight is 360 g/mol. The van der Waals surface area contributed by atoms with Gasteiger partial charge in [-0.15, -0.1) is 0 Å². The standard InChI is InChI=1S/C18H15F3N4O/c1-9(2)14-15(11-4-5-13(10(3)6-11)18(19,20)21)24-16-12(7-22)8-23-25(16)17(14)26/h4-6,8-9,24H,1-3H3. The first-order valence-electron chi connectivity index (χ1n) is 7.87. The minimum atomic E-state index is -4.44. The Morgan fingerprint density at radius 1 is 1.31 bits per heavy atom. The molecular formula is C18H15F3N4O. The maximum atomic E-state index is 13.0. The molecule has 8 heteroatoms. The van der Waals surface area contributed by atoms with Gasteiger partial charge < -0.3 is 4.98 Å². The van der Waals surface area contributed by atoms with Gasteiger partial charge in [0.15, 0.2) is 5.65 Å². The second-order valence-electron chi connectivity index (χ2n) is 6.33. The van der Waals surface area contributed by atoms with E-state index in [2.05, 4.69) is 10.1 Å². The zero-order valence-electron chi connectivity index (χ0n) is 14.3. The quantitative estimate of drug-likeness (QED) is 0.750. The van der Waals surface area contributed by atoms with Gasteiger partial charge in [0.2, 0.25) is 0 Å². The molecular weight excluding hydrogens is 345 g/mol. The van der Waals surface area contributed by atoms with Crippen LogP contribution in [0.25, 0.3) is 16.9 Å². The van der Waals surface area contributed by atoms with E-state index >= 15 is 0 Å². The number of halogens is 3. The maximum absolute atomic E-state index is 13.0. The van der Waals surface area contributed by atoms with Crippen molar-refractivity contribution in [3.63, 3.8) is 0 Å². The van der Waals surface area contributed by atoms with Crippen molar-refractivity contribution in [1.29, 1.82) is 5.26 Å². The van der Waals surface area contributed by atoms with E-state index in [1.807, 2.05) is 19.9 Å². The second kappa shape index (κ2) is 6.02. The van der Waals surface area contributed by atoms with Crippen LogP contribution in [0, 0.1) is 18.3 Å². The van der Waals surface area contributed by atoms with Crippen molar-refractivity contribution in [3.8, 4) is 17.3 Å². The molecule has 0 fully saturated rings. The summed E-state index contributed by atoms with van der Waals surface area (Å²) in [5.74, 6) is -0.199. The number of nitrogens with zero attached hydrogens (tertiary/aromatic N) is 3. The number of rotatable bonds is 2. The Kier molecular flexibility index (Phi) is 4.11. The molecule has 0 aliphatic carbocycles. The molecule has 3 rings (SSSR count). The lowest BCUT2D eigenvalue weighted by molar-refractivity contribution is -0.138. The highest BCUT2D eigenvalue weighted by molar-refractivity contribution is 5.69. The molecule has 1 N–H and O–H groups in total. The van der Waals surface area contributed by atoms with Gasteiger partial charge in [0.05, 0.1) is 17.5 Å². The summed E-state index contributed by atoms with van der Waals surface area (Å²) in [6.07, 6.45) is -3.17. The van der Waals surface area contributed by atoms with Crippen LogP contribution in [0.3, 0.4) is 0 Å². The molecule has 0 unspecified atom stereocenters. The molecule has 3 aromatic rings. The lowest BCUT2D eigenvalue weighted by Crippen LogP contribution is -2.22. The van der Waals surface area contributed by atoms with Gasteiger partial charge in [-0.2, -0.15) is 28.0 Å². The Morgan fingerprint density at radius 2 is 2.00 bits per heavy atom. The fourth-order valence-electron chi connectivity index (χ4n) is 3.01. The van der Waals surface area contributed by atoms with Gasteiger partial charge in [-0.1, -0.05) is 19.9 Å². The highest BCUT2D eigenvalue weighted by atomic mass is 19.4. The average Bonchev–Trinajstić information content (AvgIpc) is 2.96. The molecule has 26 heavy (non-hydrogen) atoms. The summed E-state index contributed by atoms with van der Waals surface area (Å²) in [5.41, 5.74) is 0.566. The van der Waals surface area contributed by atoms with E-state index in [4.69, 9.17) is 0 Å². The monoisotopic (exact) mass is 360 g/mol. The maximum Gasteiger partial charge on any atom is 0.416 e. The predicted molar refractivity (Wildman–Crippen MR) is 89.8 cm³/mol. The number of aromatic nitrogens is 3. The highest BCUT2D eigenvalue weighted by Crippen LogP contribution is 2.34. The van der Waals surface area contributed by atoms with Crippen LogP contribution in [0.15, 0.2) is 29.2 Å². The number of alkyl halides is 3. The molecule has 0 spiro atoms. The molecule has 0 saturated carbocycles. The molecule has 2 heterocycles. The lowest BCUT2D eigenvalue weighted by atomic mass is 9.95. The van der Waals surface area contributed by atoms with Gasteiger partial charge in [0.25, 0.3) is 5.56 Å². The zero-order chi connectivity index (χ0) is 19.2. The van der Waals surface area contributed by atoms with E-state index in [0.29, 0.717) is 16.8 Å². The number of aromatic amines is 1. The van der Waals surface area contributed by atoms with Crippen LogP contribution < -0.4 is 5.56 Å². The Balaban J connectivity index is 2.34. The van der Waals surface area contributed by atoms with Crippen LogP contribution in [0.2, 0.25) is 0 Å². The van der Waals surface area contributed by atoms with Crippen molar-refractivity contribution in [1.82, 2.24) is 14.6 Å². The van der Waals surface area contributed by atoms with E-state index in [1.165, 1.54) is 25.3 Å². The fraction of sp³-hybridized carbons (Fsp3) is 0.278. The van der Waals surface area contributed by atoms with E-state index in [0.717, 1.165) is 10.6 Å². The first-order chi connectivity index (χ1) is 12.1. The number of aryl methyl sites for hydroxylation is 1. The van der Waals surface area contributed by atoms with Crippen LogP contribution in [0.4, 0.5) is 13.2 Å². The predicted octanol–water partition coefficient (Wildman–Crippen LogP) is 4.01. The SMILES string of the molecule is Cc1cc(-c2[nH]c3c(C#N)cnn3c(=O)c2C(C)C)ccc1C(F)(F)F. The minimum absolute atomic E-state index is 0.0550. The van der Waals surface area contributed by atoms with Crippen molar-refractivity contribution in [3.05, 3.63) is 57.0 Å². The third-order valence-electron chi connectivity index (χ3n) is 4.22. The molecule has 1 aromatic carbocycles. The summed E-state index contributed by atoms with van der Waals surface area (Å²) < 4.78 is 40.1. The molecule has 0 saturated heterocycles. The van der Waals surface area contributed by atoms with Crippen LogP contribution in [0.1, 0.15) is 42.0 Å². The van der Waals surface area contributed by atoms with Crippen LogP contribution >= 0.6 is 0 Å². The summed E-state index contributed by atoms with van der Waals surface area (Å²) >= 11 is 0. The number of hydrogen-bond donors (Lipinski definition) is 1. The first-order valence-corrected chi connectivity index (χ1v) is 7.87. The van der Waals surface area contributed by atoms with Gasteiger partial charge in [-0.3, -0.25) is 4.79 Å². The fourth-order valence-corrected chi connectivity index (χ4v) is 3.01. The number of benzene rings is 1. The third-order valence-corrected chi connectivity index (χ3v) is 4.22. The molecule has 0 atom stereocenters. The number of nitriles is 1. The number of hydrogen-bond acceptors (Lipinski definition) is 3. The van der Waals surface area contributed by atoms with Crippen molar-refractivity contribution in [2.45, 2.75) is 32.9 Å². The summed E-state index contributed by atoms with van der Waals surface area (Å²) in [5, 5.41) is 13.1. The van der Waals surface area contributed by atoms with Gasteiger partial charge in [0, 0.05) is 5.56 Å². The first kappa shape index (κ1) is 17.7. The third kappa shape index (κ3) is 2.75. The summed E-state index contributed by atoms with van der Waals surface area (Å²) in [6.45, 7) is 4.99. The lowest BCUT2D eigenvalue weighted by Gasteiger charge is -2.15. The number of H-pyrrole nitrogens is 1. The van der Waals surface area contributed by atoms with Gasteiger partial charge in [-0.05, 0) is 36.1 Å². The van der Waals surface area contributed by atoms with Crippen molar-refractivity contribution >= 4 is 5.65 Å². The Morgan fingerprint density at radius 3 is 2.54 bits per heavy atom. The van der Waals surface area contributed by atoms with Crippen molar-refractivity contribution in [2.24, 2.45) is 0 Å². The molecule has 0 bridgehead atoms. The zero-order valence-corrected chi connectivity index (χ0v) is 14.3. The van der Waals surface area contributed by atoms with Crippen LogP contribution in [0.5, 0.6) is 0 Å². The molecule has 0 radical (unpaired) electrons. The summed E-state index contributed by atoms with van der Waals surface area (Å²) in [4.78, 5) is 15.8. The van der Waals surface area contributed by atoms with Gasteiger partial charge in [-0.25, -0.2) is 0 Å². The van der Waals surface area contributed by atoms with Crippen LogP contribution in [-0.2, 0) is 6.18 Å². The molecule has 0 aliphatic rings. The molecule has 134 valence electrons. The molecule has 0 amide bonds. The molecule has 2 aromatic heterocycles. The molecule has 5 nitrogen and oxygen atoms in total.